The van der Waals surface area contributed by atoms with Crippen molar-refractivity contribution in [2.75, 3.05) is 33.1 Å². The van der Waals surface area contributed by atoms with Crippen molar-refractivity contribution in [2.45, 2.75) is 45.0 Å². The highest BCUT2D eigenvalue weighted by Crippen LogP contribution is 2.31. The Morgan fingerprint density at radius 3 is 2.47 bits per heavy atom. The van der Waals surface area contributed by atoms with Gasteiger partial charge in [-0.1, -0.05) is 6.07 Å². The number of ether oxygens (including phenoxy) is 3. The van der Waals surface area contributed by atoms with Gasteiger partial charge < -0.3 is 19.1 Å². The molecule has 1 aromatic carbocycles. The lowest BCUT2D eigenvalue weighted by Crippen LogP contribution is -2.43. The number of sulfone groups is 1. The highest BCUT2D eigenvalue weighted by Gasteiger charge is 2.32. The number of benzene rings is 1. The van der Waals surface area contributed by atoms with Crippen LogP contribution in [0, 0.1) is 5.92 Å². The molecule has 1 saturated heterocycles. The molecule has 2 aliphatic rings. The molecule has 1 amide bonds. The number of carbonyl (C=O) groups is 1. The minimum Gasteiger partial charge on any atom is -0.493 e. The standard InChI is InChI=1S/C23H32N2O7S2/c1-23(2,3)32-22(26)25-10-8-17(9-11-25)21-24-18(14-33(21)27)13-31-19-7-6-16(12-20(19)30-4)15-34(5,28)29/h6-7,12,14,17H,8-11,13,15H2,1-5H3. The van der Waals surface area contributed by atoms with Crippen LogP contribution in [-0.4, -0.2) is 67.3 Å². The smallest absolute Gasteiger partial charge is 0.410 e. The van der Waals surface area contributed by atoms with Crippen LogP contribution in [0.3, 0.4) is 0 Å². The first kappa shape index (κ1) is 26.2. The van der Waals surface area contributed by atoms with E-state index in [1.807, 2.05) is 20.8 Å². The summed E-state index contributed by atoms with van der Waals surface area (Å²) in [5.41, 5.74) is 0.622. The van der Waals surface area contributed by atoms with E-state index in [9.17, 15) is 17.4 Å². The van der Waals surface area contributed by atoms with Gasteiger partial charge in [-0.15, -0.1) is 0 Å². The molecule has 0 aromatic heterocycles. The van der Waals surface area contributed by atoms with Crippen LogP contribution >= 0.6 is 0 Å². The van der Waals surface area contributed by atoms with Gasteiger partial charge in [0.05, 0.1) is 29.4 Å². The molecule has 3 rings (SSSR count). The van der Waals surface area contributed by atoms with Gasteiger partial charge in [-0.05, 0) is 51.3 Å². The van der Waals surface area contributed by atoms with Gasteiger partial charge in [-0.3, -0.25) is 0 Å². The van der Waals surface area contributed by atoms with Crippen molar-refractivity contribution < 1.29 is 31.6 Å². The molecule has 2 heterocycles. The third-order valence-corrected chi connectivity index (χ3v) is 7.41. The lowest BCUT2D eigenvalue weighted by atomic mass is 9.98. The molecular weight excluding hydrogens is 480 g/mol. The highest BCUT2D eigenvalue weighted by molar-refractivity contribution is 8.03. The van der Waals surface area contributed by atoms with Crippen LogP contribution in [-0.2, 0) is 31.1 Å². The minimum atomic E-state index is -3.17. The van der Waals surface area contributed by atoms with Crippen molar-refractivity contribution in [3.8, 4) is 11.5 Å². The van der Waals surface area contributed by atoms with Gasteiger partial charge in [0.15, 0.2) is 21.3 Å². The first-order valence-electron chi connectivity index (χ1n) is 11.0. The Morgan fingerprint density at radius 2 is 1.88 bits per heavy atom. The van der Waals surface area contributed by atoms with Crippen LogP contribution in [0.5, 0.6) is 11.5 Å². The zero-order chi connectivity index (χ0) is 25.1. The lowest BCUT2D eigenvalue weighted by Gasteiger charge is -2.33. The third-order valence-electron chi connectivity index (χ3n) is 5.23. The van der Waals surface area contributed by atoms with E-state index < -0.39 is 26.2 Å². The van der Waals surface area contributed by atoms with E-state index >= 15 is 0 Å². The molecule has 0 aliphatic carbocycles. The molecule has 11 heteroatoms. The zero-order valence-electron chi connectivity index (χ0n) is 20.2. The summed E-state index contributed by atoms with van der Waals surface area (Å²) in [5.74, 6) is 0.798. The summed E-state index contributed by atoms with van der Waals surface area (Å²) in [6.07, 6.45) is 2.18. The normalized spacial score (nSPS) is 19.4. The van der Waals surface area contributed by atoms with Crippen molar-refractivity contribution in [3.05, 3.63) is 34.9 Å². The number of likely N-dealkylation sites (tertiary alicyclic amines) is 1. The molecule has 0 bridgehead atoms. The fourth-order valence-corrected chi connectivity index (χ4v) is 5.77. The van der Waals surface area contributed by atoms with Crippen molar-refractivity contribution in [1.29, 1.82) is 0 Å². The predicted molar refractivity (Wildman–Crippen MR) is 131 cm³/mol. The maximum Gasteiger partial charge on any atom is 0.410 e. The average molecular weight is 513 g/mol. The molecule has 1 unspecified atom stereocenters. The summed E-state index contributed by atoms with van der Waals surface area (Å²) in [7, 11) is -3.01. The molecule has 188 valence electrons. The Balaban J connectivity index is 1.58. The van der Waals surface area contributed by atoms with Gasteiger partial charge in [0.1, 0.15) is 17.3 Å². The number of amides is 1. The fourth-order valence-electron chi connectivity index (χ4n) is 3.73. The summed E-state index contributed by atoms with van der Waals surface area (Å²) in [4.78, 5) is 18.5. The molecule has 0 N–H and O–H groups in total. The van der Waals surface area contributed by atoms with Crippen LogP contribution in [0.2, 0.25) is 0 Å². The predicted octanol–water partition coefficient (Wildman–Crippen LogP) is 3.27. The Bertz CT molecular complexity index is 1110. The van der Waals surface area contributed by atoms with Crippen molar-refractivity contribution in [2.24, 2.45) is 10.9 Å². The van der Waals surface area contributed by atoms with Crippen LogP contribution < -0.4 is 9.47 Å². The van der Waals surface area contributed by atoms with E-state index in [1.54, 1.807) is 28.5 Å². The van der Waals surface area contributed by atoms with Gasteiger partial charge in [0, 0.05) is 30.7 Å². The van der Waals surface area contributed by atoms with E-state index in [-0.39, 0.29) is 24.4 Å². The fraction of sp³-hybridized carbons (Fsp3) is 0.565. The van der Waals surface area contributed by atoms with Gasteiger partial charge in [0.25, 0.3) is 0 Å². The van der Waals surface area contributed by atoms with Crippen molar-refractivity contribution >= 4 is 31.8 Å². The van der Waals surface area contributed by atoms with Crippen LogP contribution in [0.1, 0.15) is 39.2 Å². The Morgan fingerprint density at radius 1 is 1.21 bits per heavy atom. The number of piperidine rings is 1. The van der Waals surface area contributed by atoms with Gasteiger partial charge in [-0.2, -0.15) is 0 Å². The van der Waals surface area contributed by atoms with Gasteiger partial charge >= 0.3 is 6.09 Å². The Labute approximate surface area is 203 Å². The molecule has 1 aromatic rings. The Hall–Kier alpha value is -2.40. The molecule has 1 atom stereocenters. The zero-order valence-corrected chi connectivity index (χ0v) is 21.8. The Kier molecular flexibility index (Phi) is 8.07. The summed E-state index contributed by atoms with van der Waals surface area (Å²) >= 11 is 0. The second-order valence-corrected chi connectivity index (χ2v) is 12.8. The van der Waals surface area contributed by atoms with E-state index in [0.717, 1.165) is 0 Å². The molecule has 2 aliphatic heterocycles. The SMILES string of the molecule is COc1cc(CS(C)(=O)=O)ccc1OCC1=CS(=O)C(C2CCN(C(=O)OC(C)(C)C)CC2)=N1. The number of nitrogens with zero attached hydrogens (tertiary/aromatic N) is 2. The summed E-state index contributed by atoms with van der Waals surface area (Å²) in [6, 6.07) is 4.96. The van der Waals surface area contributed by atoms with Gasteiger partial charge in [-0.25, -0.2) is 22.4 Å². The first-order valence-corrected chi connectivity index (χ1v) is 14.3. The van der Waals surface area contributed by atoms with E-state index in [1.165, 1.54) is 13.4 Å². The number of hydrogen-bond acceptors (Lipinski definition) is 8. The highest BCUT2D eigenvalue weighted by atomic mass is 32.2. The molecule has 0 spiro atoms. The van der Waals surface area contributed by atoms with Crippen molar-refractivity contribution in [3.63, 3.8) is 0 Å². The monoisotopic (exact) mass is 512 g/mol. The molecule has 0 saturated carbocycles. The number of methoxy groups -OCH3 is 1. The maximum absolute atomic E-state index is 12.7. The summed E-state index contributed by atoms with van der Waals surface area (Å²) < 4.78 is 52.3. The quantitative estimate of drug-likeness (QED) is 0.551. The maximum atomic E-state index is 12.7. The molecule has 34 heavy (non-hydrogen) atoms. The summed E-state index contributed by atoms with van der Waals surface area (Å²) in [6.45, 7) is 6.67. The van der Waals surface area contributed by atoms with E-state index in [2.05, 4.69) is 4.99 Å². The van der Waals surface area contributed by atoms with Crippen molar-refractivity contribution in [1.82, 2.24) is 4.90 Å². The third kappa shape index (κ3) is 7.30. The summed E-state index contributed by atoms with van der Waals surface area (Å²) in [5, 5.41) is 2.19. The number of hydrogen-bond donors (Lipinski definition) is 0. The second kappa shape index (κ2) is 10.5. The first-order chi connectivity index (χ1) is 15.8. The number of carbonyl (C=O) groups excluding carboxylic acids is 1. The van der Waals surface area contributed by atoms with Gasteiger partial charge in [0.2, 0.25) is 0 Å². The lowest BCUT2D eigenvalue weighted by molar-refractivity contribution is 0.0202. The molecular formula is C23H32N2O7S2. The molecule has 1 fully saturated rings. The van der Waals surface area contributed by atoms with Crippen LogP contribution in [0.25, 0.3) is 0 Å². The molecule has 9 nitrogen and oxygen atoms in total. The minimum absolute atomic E-state index is 0.0260. The topological polar surface area (TPSA) is 112 Å². The second-order valence-electron chi connectivity index (χ2n) is 9.44. The number of rotatable bonds is 7. The largest absolute Gasteiger partial charge is 0.493 e. The van der Waals surface area contributed by atoms with E-state index in [4.69, 9.17) is 14.2 Å². The van der Waals surface area contributed by atoms with Crippen LogP contribution in [0.4, 0.5) is 4.79 Å². The van der Waals surface area contributed by atoms with E-state index in [0.29, 0.717) is 53.7 Å². The van der Waals surface area contributed by atoms with Crippen LogP contribution in [0.15, 0.2) is 34.3 Å². The number of aliphatic imine (C=N–C) groups is 1. The molecule has 0 radical (unpaired) electrons. The average Bonchev–Trinajstić information content (AvgIpc) is 3.11.